The highest BCUT2D eigenvalue weighted by Gasteiger charge is 2.42. The van der Waals surface area contributed by atoms with E-state index >= 15 is 0 Å². The van der Waals surface area contributed by atoms with Gasteiger partial charge in [0.25, 0.3) is 0 Å². The van der Waals surface area contributed by atoms with E-state index in [-0.39, 0.29) is 24.9 Å². The topological polar surface area (TPSA) is 58.9 Å². The van der Waals surface area contributed by atoms with Crippen molar-refractivity contribution in [1.82, 2.24) is 0 Å². The first-order valence-corrected chi connectivity index (χ1v) is 4.21. The lowest BCUT2D eigenvalue weighted by Gasteiger charge is -2.16. The highest BCUT2D eigenvalue weighted by molar-refractivity contribution is 4.90. The van der Waals surface area contributed by atoms with Crippen LogP contribution in [0.4, 0.5) is 0 Å². The smallest absolute Gasteiger partial charge is 0.114 e. The Morgan fingerprint density at radius 2 is 2.08 bits per heavy atom. The largest absolute Gasteiger partial charge is 0.394 e. The van der Waals surface area contributed by atoms with Gasteiger partial charge in [-0.25, -0.2) is 0 Å². The summed E-state index contributed by atoms with van der Waals surface area (Å²) in [6.07, 6.45) is -0.850. The molecule has 72 valence electrons. The van der Waals surface area contributed by atoms with Crippen LogP contribution in [0.1, 0.15) is 13.3 Å². The highest BCUT2D eigenvalue weighted by atomic mass is 16.6. The van der Waals surface area contributed by atoms with Crippen molar-refractivity contribution in [3.8, 4) is 0 Å². The summed E-state index contributed by atoms with van der Waals surface area (Å²) in [5, 5.41) is 18.5. The van der Waals surface area contributed by atoms with Crippen LogP contribution in [0, 0.1) is 0 Å². The Labute approximate surface area is 72.1 Å². The second-order valence-electron chi connectivity index (χ2n) is 2.99. The number of rotatable bonds is 3. The highest BCUT2D eigenvalue weighted by Crippen LogP contribution is 2.24. The zero-order valence-electron chi connectivity index (χ0n) is 7.43. The van der Waals surface area contributed by atoms with Gasteiger partial charge in [0.05, 0.1) is 12.7 Å². The van der Waals surface area contributed by atoms with Crippen LogP contribution in [-0.4, -0.2) is 48.3 Å². The Morgan fingerprint density at radius 1 is 1.42 bits per heavy atom. The molecule has 0 amide bonds. The molecule has 0 aromatic heterocycles. The molecule has 0 aromatic rings. The monoisotopic (exact) mass is 176 g/mol. The zero-order chi connectivity index (χ0) is 9.14. The van der Waals surface area contributed by atoms with Crippen molar-refractivity contribution in [2.24, 2.45) is 0 Å². The number of ether oxygens (including phenoxy) is 2. The zero-order valence-corrected chi connectivity index (χ0v) is 7.43. The fourth-order valence-electron chi connectivity index (χ4n) is 1.59. The van der Waals surface area contributed by atoms with Gasteiger partial charge in [0.15, 0.2) is 0 Å². The van der Waals surface area contributed by atoms with Gasteiger partial charge in [0, 0.05) is 7.11 Å². The molecule has 4 unspecified atom stereocenters. The second-order valence-corrected chi connectivity index (χ2v) is 2.99. The molecule has 1 rings (SSSR count). The molecular formula is C8H16O4. The minimum atomic E-state index is -0.614. The third-order valence-corrected chi connectivity index (χ3v) is 2.29. The molecule has 4 atom stereocenters. The Morgan fingerprint density at radius 3 is 2.42 bits per heavy atom. The normalized spacial score (nSPS) is 42.0. The number of methoxy groups -OCH3 is 1. The summed E-state index contributed by atoms with van der Waals surface area (Å²) in [5.74, 6) is 0. The van der Waals surface area contributed by atoms with Gasteiger partial charge >= 0.3 is 0 Å². The third kappa shape index (κ3) is 1.61. The standard InChI is InChI=1S/C8H16O4/c1-3-5-7(10)8(11-2)6(4-9)12-5/h5-10H,3-4H2,1-2H3. The number of hydrogen-bond acceptors (Lipinski definition) is 4. The molecule has 1 fully saturated rings. The molecule has 4 nitrogen and oxygen atoms in total. The van der Waals surface area contributed by atoms with Gasteiger partial charge in [-0.3, -0.25) is 0 Å². The predicted molar refractivity (Wildman–Crippen MR) is 42.8 cm³/mol. The van der Waals surface area contributed by atoms with E-state index in [2.05, 4.69) is 0 Å². The summed E-state index contributed by atoms with van der Waals surface area (Å²) in [4.78, 5) is 0. The number of hydrogen-bond donors (Lipinski definition) is 2. The Bertz CT molecular complexity index is 137. The molecule has 0 aromatic carbocycles. The Hall–Kier alpha value is -0.160. The van der Waals surface area contributed by atoms with Gasteiger partial charge in [0.2, 0.25) is 0 Å². The van der Waals surface area contributed by atoms with Gasteiger partial charge < -0.3 is 19.7 Å². The molecule has 1 saturated heterocycles. The van der Waals surface area contributed by atoms with E-state index in [4.69, 9.17) is 14.6 Å². The van der Waals surface area contributed by atoms with Crippen molar-refractivity contribution in [3.63, 3.8) is 0 Å². The van der Waals surface area contributed by atoms with Crippen molar-refractivity contribution in [3.05, 3.63) is 0 Å². The van der Waals surface area contributed by atoms with Crippen molar-refractivity contribution >= 4 is 0 Å². The molecule has 1 aliphatic rings. The molecule has 4 heteroatoms. The van der Waals surface area contributed by atoms with Gasteiger partial charge in [-0.1, -0.05) is 6.92 Å². The van der Waals surface area contributed by atoms with Crippen LogP contribution in [0.5, 0.6) is 0 Å². The van der Waals surface area contributed by atoms with E-state index in [0.29, 0.717) is 0 Å². The number of aliphatic hydroxyl groups excluding tert-OH is 2. The first-order valence-electron chi connectivity index (χ1n) is 4.21. The average molecular weight is 176 g/mol. The lowest BCUT2D eigenvalue weighted by molar-refractivity contribution is -0.0362. The van der Waals surface area contributed by atoms with Crippen LogP contribution in [0.15, 0.2) is 0 Å². The summed E-state index contributed by atoms with van der Waals surface area (Å²) in [7, 11) is 1.51. The minimum Gasteiger partial charge on any atom is -0.394 e. The molecule has 0 radical (unpaired) electrons. The minimum absolute atomic E-state index is 0.105. The van der Waals surface area contributed by atoms with E-state index in [1.165, 1.54) is 7.11 Å². The summed E-state index contributed by atoms with van der Waals surface area (Å²) in [6.45, 7) is 1.83. The van der Waals surface area contributed by atoms with E-state index in [1.54, 1.807) is 0 Å². The molecule has 0 bridgehead atoms. The molecule has 1 aliphatic heterocycles. The first kappa shape index (κ1) is 9.92. The van der Waals surface area contributed by atoms with Crippen LogP contribution in [-0.2, 0) is 9.47 Å². The van der Waals surface area contributed by atoms with E-state index in [1.807, 2.05) is 6.92 Å². The van der Waals surface area contributed by atoms with Gasteiger partial charge in [-0.05, 0) is 6.42 Å². The maximum absolute atomic E-state index is 9.59. The quantitative estimate of drug-likeness (QED) is 0.610. The van der Waals surface area contributed by atoms with Crippen molar-refractivity contribution < 1.29 is 19.7 Å². The van der Waals surface area contributed by atoms with E-state index < -0.39 is 6.10 Å². The van der Waals surface area contributed by atoms with Crippen molar-refractivity contribution in [1.29, 1.82) is 0 Å². The van der Waals surface area contributed by atoms with Crippen molar-refractivity contribution in [2.75, 3.05) is 13.7 Å². The lowest BCUT2D eigenvalue weighted by atomic mass is 10.1. The van der Waals surface area contributed by atoms with E-state index in [9.17, 15) is 5.11 Å². The summed E-state index contributed by atoms with van der Waals surface area (Å²) >= 11 is 0. The van der Waals surface area contributed by atoms with Crippen LogP contribution in [0.25, 0.3) is 0 Å². The van der Waals surface area contributed by atoms with Crippen LogP contribution < -0.4 is 0 Å². The van der Waals surface area contributed by atoms with Gasteiger partial charge in [-0.15, -0.1) is 0 Å². The summed E-state index contributed by atoms with van der Waals surface area (Å²) in [5.41, 5.74) is 0. The van der Waals surface area contributed by atoms with E-state index in [0.717, 1.165) is 6.42 Å². The molecule has 1 heterocycles. The average Bonchev–Trinajstić information content (AvgIpc) is 2.41. The molecule has 0 saturated carbocycles. The van der Waals surface area contributed by atoms with Crippen LogP contribution in [0.2, 0.25) is 0 Å². The van der Waals surface area contributed by atoms with Crippen LogP contribution >= 0.6 is 0 Å². The van der Waals surface area contributed by atoms with Gasteiger partial charge in [0.1, 0.15) is 18.3 Å². The lowest BCUT2D eigenvalue weighted by Crippen LogP contribution is -2.35. The van der Waals surface area contributed by atoms with Crippen LogP contribution in [0.3, 0.4) is 0 Å². The number of aliphatic hydroxyl groups is 2. The Kier molecular flexibility index (Phi) is 3.46. The Balaban J connectivity index is 2.58. The third-order valence-electron chi connectivity index (χ3n) is 2.29. The summed E-state index contributed by atoms with van der Waals surface area (Å²) < 4.78 is 10.4. The maximum Gasteiger partial charge on any atom is 0.114 e. The molecule has 12 heavy (non-hydrogen) atoms. The fraction of sp³-hybridized carbons (Fsp3) is 1.00. The summed E-state index contributed by atoms with van der Waals surface area (Å²) in [6, 6.07) is 0. The SMILES string of the molecule is CCC1OC(CO)C(OC)C1O. The second kappa shape index (κ2) is 4.18. The molecule has 0 aliphatic carbocycles. The van der Waals surface area contributed by atoms with Gasteiger partial charge in [-0.2, -0.15) is 0 Å². The predicted octanol–water partition coefficient (Wildman–Crippen LogP) is -0.468. The van der Waals surface area contributed by atoms with Crippen molar-refractivity contribution in [2.45, 2.75) is 37.8 Å². The first-order chi connectivity index (χ1) is 5.74. The maximum atomic E-state index is 9.59. The molecule has 0 spiro atoms. The fourth-order valence-corrected chi connectivity index (χ4v) is 1.59. The molecule has 2 N–H and O–H groups in total. The molecular weight excluding hydrogens is 160 g/mol.